The lowest BCUT2D eigenvalue weighted by atomic mass is 10.0. The van der Waals surface area contributed by atoms with Gasteiger partial charge in [0.25, 0.3) is 0 Å². The molecule has 0 saturated carbocycles. The predicted octanol–water partition coefficient (Wildman–Crippen LogP) is 4.32. The number of fused-ring (bicyclic) bond motifs is 1. The van der Waals surface area contributed by atoms with Crippen LogP contribution in [0, 0.1) is 6.92 Å². The topological polar surface area (TPSA) is 62.0 Å². The van der Waals surface area contributed by atoms with E-state index >= 15 is 0 Å². The average molecular weight is 327 g/mol. The molecule has 0 unspecified atom stereocenters. The molecule has 0 saturated heterocycles. The molecule has 116 valence electrons. The van der Waals surface area contributed by atoms with Gasteiger partial charge in [-0.25, -0.2) is 0 Å². The standard InChI is InChI=1S/C18H15ClN2O2/c1-10-5-3-4-6-13(10)18(23)17-16(20-11(2)22)14-8-7-12(19)9-15(14)21-17/h3-9,21H,1-2H3,(H,20,22). The van der Waals surface area contributed by atoms with Crippen LogP contribution < -0.4 is 5.32 Å². The van der Waals surface area contributed by atoms with E-state index in [1.54, 1.807) is 24.3 Å². The first-order chi connectivity index (χ1) is 11.0. The Balaban J connectivity index is 2.21. The van der Waals surface area contributed by atoms with Gasteiger partial charge < -0.3 is 10.3 Å². The van der Waals surface area contributed by atoms with Gasteiger partial charge in [-0.15, -0.1) is 0 Å². The van der Waals surface area contributed by atoms with Crippen molar-refractivity contribution < 1.29 is 9.59 Å². The molecule has 0 aliphatic carbocycles. The van der Waals surface area contributed by atoms with Gasteiger partial charge in [0.1, 0.15) is 5.69 Å². The highest BCUT2D eigenvalue weighted by atomic mass is 35.5. The largest absolute Gasteiger partial charge is 0.350 e. The maximum Gasteiger partial charge on any atom is 0.221 e. The van der Waals surface area contributed by atoms with Crippen molar-refractivity contribution in [1.82, 2.24) is 4.98 Å². The zero-order valence-electron chi connectivity index (χ0n) is 12.7. The average Bonchev–Trinajstić information content (AvgIpc) is 2.84. The monoisotopic (exact) mass is 326 g/mol. The van der Waals surface area contributed by atoms with E-state index in [9.17, 15) is 9.59 Å². The number of aryl methyl sites for hydroxylation is 1. The smallest absolute Gasteiger partial charge is 0.221 e. The highest BCUT2D eigenvalue weighted by Gasteiger charge is 2.21. The molecule has 0 aliphatic heterocycles. The van der Waals surface area contributed by atoms with Gasteiger partial charge >= 0.3 is 0 Å². The number of hydrogen-bond acceptors (Lipinski definition) is 2. The molecule has 23 heavy (non-hydrogen) atoms. The van der Waals surface area contributed by atoms with Crippen molar-refractivity contribution in [2.45, 2.75) is 13.8 Å². The molecular formula is C18H15ClN2O2. The molecule has 2 N–H and O–H groups in total. The summed E-state index contributed by atoms with van der Waals surface area (Å²) in [6.07, 6.45) is 0. The van der Waals surface area contributed by atoms with Gasteiger partial charge in [-0.2, -0.15) is 0 Å². The first-order valence-corrected chi connectivity index (χ1v) is 7.54. The van der Waals surface area contributed by atoms with Crippen LogP contribution in [-0.4, -0.2) is 16.7 Å². The number of halogens is 1. The Labute approximate surface area is 138 Å². The molecule has 0 fully saturated rings. The Hall–Kier alpha value is -2.59. The minimum atomic E-state index is -0.236. The lowest BCUT2D eigenvalue weighted by molar-refractivity contribution is -0.114. The molecule has 3 rings (SSSR count). The van der Waals surface area contributed by atoms with Gasteiger partial charge in [0.15, 0.2) is 0 Å². The van der Waals surface area contributed by atoms with Gasteiger partial charge in [-0.1, -0.05) is 35.9 Å². The molecule has 1 aromatic heterocycles. The summed E-state index contributed by atoms with van der Waals surface area (Å²) in [5.74, 6) is -0.404. The number of aromatic amines is 1. The zero-order chi connectivity index (χ0) is 16.6. The minimum Gasteiger partial charge on any atom is -0.350 e. The van der Waals surface area contributed by atoms with Crippen molar-refractivity contribution in [2.75, 3.05) is 5.32 Å². The number of amides is 1. The lowest BCUT2D eigenvalue weighted by Gasteiger charge is -2.07. The molecular weight excluding hydrogens is 312 g/mol. The minimum absolute atomic E-state index is 0.167. The van der Waals surface area contributed by atoms with Crippen LogP contribution in [0.25, 0.3) is 10.9 Å². The van der Waals surface area contributed by atoms with E-state index in [0.717, 1.165) is 10.9 Å². The van der Waals surface area contributed by atoms with E-state index in [4.69, 9.17) is 11.6 Å². The van der Waals surface area contributed by atoms with Crippen molar-refractivity contribution in [3.05, 3.63) is 64.3 Å². The van der Waals surface area contributed by atoms with E-state index in [0.29, 0.717) is 27.5 Å². The lowest BCUT2D eigenvalue weighted by Crippen LogP contribution is -2.11. The molecule has 1 heterocycles. The Morgan fingerprint density at radius 3 is 2.57 bits per heavy atom. The van der Waals surface area contributed by atoms with Gasteiger partial charge in [-0.3, -0.25) is 9.59 Å². The Kier molecular flexibility index (Phi) is 3.92. The maximum absolute atomic E-state index is 12.9. The number of benzene rings is 2. The Morgan fingerprint density at radius 2 is 1.87 bits per heavy atom. The van der Waals surface area contributed by atoms with Crippen LogP contribution in [0.15, 0.2) is 42.5 Å². The zero-order valence-corrected chi connectivity index (χ0v) is 13.5. The van der Waals surface area contributed by atoms with Gasteiger partial charge in [0.2, 0.25) is 11.7 Å². The van der Waals surface area contributed by atoms with Crippen LogP contribution >= 0.6 is 11.6 Å². The third kappa shape index (κ3) is 2.85. The summed E-state index contributed by atoms with van der Waals surface area (Å²) in [7, 11) is 0. The molecule has 0 bridgehead atoms. The second-order valence-corrected chi connectivity index (χ2v) is 5.83. The number of ketones is 1. The second-order valence-electron chi connectivity index (χ2n) is 5.39. The SMILES string of the molecule is CC(=O)Nc1c(C(=O)c2ccccc2C)[nH]c2cc(Cl)ccc12. The number of H-pyrrole nitrogens is 1. The Bertz CT molecular complexity index is 928. The molecule has 0 atom stereocenters. The van der Waals surface area contributed by atoms with Gasteiger partial charge in [0, 0.05) is 28.4 Å². The van der Waals surface area contributed by atoms with Crippen LogP contribution in [0.5, 0.6) is 0 Å². The van der Waals surface area contributed by atoms with Crippen molar-refractivity contribution >= 4 is 39.9 Å². The number of carbonyl (C=O) groups is 2. The number of carbonyl (C=O) groups excluding carboxylic acids is 2. The number of hydrogen-bond donors (Lipinski definition) is 2. The van der Waals surface area contributed by atoms with Crippen molar-refractivity contribution in [1.29, 1.82) is 0 Å². The maximum atomic E-state index is 12.9. The third-order valence-corrected chi connectivity index (χ3v) is 3.91. The summed E-state index contributed by atoms with van der Waals surface area (Å²) >= 11 is 6.02. The summed E-state index contributed by atoms with van der Waals surface area (Å²) < 4.78 is 0. The quantitative estimate of drug-likeness (QED) is 0.704. The van der Waals surface area contributed by atoms with E-state index in [2.05, 4.69) is 10.3 Å². The number of nitrogens with one attached hydrogen (secondary N) is 2. The van der Waals surface area contributed by atoms with Crippen molar-refractivity contribution in [3.63, 3.8) is 0 Å². The van der Waals surface area contributed by atoms with Crippen LogP contribution in [-0.2, 0) is 4.79 Å². The summed E-state index contributed by atoms with van der Waals surface area (Å²) in [5.41, 5.74) is 3.02. The third-order valence-electron chi connectivity index (χ3n) is 3.68. The summed E-state index contributed by atoms with van der Waals surface area (Å²) in [6, 6.07) is 12.6. The fourth-order valence-corrected chi connectivity index (χ4v) is 2.78. The number of rotatable bonds is 3. The van der Waals surface area contributed by atoms with E-state index in [1.165, 1.54) is 6.92 Å². The predicted molar refractivity (Wildman–Crippen MR) is 92.2 cm³/mol. The second kappa shape index (κ2) is 5.89. The molecule has 3 aromatic rings. The number of anilines is 1. The molecule has 1 amide bonds. The van der Waals surface area contributed by atoms with Gasteiger partial charge in [-0.05, 0) is 30.7 Å². The first kappa shape index (κ1) is 15.3. The Morgan fingerprint density at radius 1 is 1.13 bits per heavy atom. The first-order valence-electron chi connectivity index (χ1n) is 7.16. The van der Waals surface area contributed by atoms with Gasteiger partial charge in [0.05, 0.1) is 5.69 Å². The normalized spacial score (nSPS) is 10.7. The van der Waals surface area contributed by atoms with Crippen LogP contribution in [0.4, 0.5) is 5.69 Å². The molecule has 0 radical (unpaired) electrons. The van der Waals surface area contributed by atoms with E-state index in [-0.39, 0.29) is 11.7 Å². The summed E-state index contributed by atoms with van der Waals surface area (Å²) in [5, 5.41) is 4.06. The van der Waals surface area contributed by atoms with E-state index < -0.39 is 0 Å². The summed E-state index contributed by atoms with van der Waals surface area (Å²) in [4.78, 5) is 27.5. The summed E-state index contributed by atoms with van der Waals surface area (Å²) in [6.45, 7) is 3.29. The highest BCUT2D eigenvalue weighted by molar-refractivity contribution is 6.31. The highest BCUT2D eigenvalue weighted by Crippen LogP contribution is 2.31. The van der Waals surface area contributed by atoms with Crippen LogP contribution in [0.3, 0.4) is 0 Å². The molecule has 2 aromatic carbocycles. The number of aromatic nitrogens is 1. The molecule has 0 aliphatic rings. The fourth-order valence-electron chi connectivity index (χ4n) is 2.61. The molecule has 5 heteroatoms. The van der Waals surface area contributed by atoms with Crippen molar-refractivity contribution in [3.8, 4) is 0 Å². The molecule has 0 spiro atoms. The van der Waals surface area contributed by atoms with E-state index in [1.807, 2.05) is 25.1 Å². The molecule has 4 nitrogen and oxygen atoms in total. The van der Waals surface area contributed by atoms with Crippen molar-refractivity contribution in [2.24, 2.45) is 0 Å². The van der Waals surface area contributed by atoms with Crippen LogP contribution in [0.2, 0.25) is 5.02 Å². The van der Waals surface area contributed by atoms with Crippen LogP contribution in [0.1, 0.15) is 28.5 Å². The fraction of sp³-hybridized carbons (Fsp3) is 0.111.